The molecule has 0 aromatic rings. The number of nitrogens with one attached hydrogen (secondary N) is 1. The summed E-state index contributed by atoms with van der Waals surface area (Å²) in [5, 5.41) is 11.2. The van der Waals surface area contributed by atoms with Gasteiger partial charge in [0.1, 0.15) is 6.04 Å². The van der Waals surface area contributed by atoms with Crippen molar-refractivity contribution in [2.45, 2.75) is 39.2 Å². The first-order chi connectivity index (χ1) is 7.38. The Morgan fingerprint density at radius 1 is 1.38 bits per heavy atom. The van der Waals surface area contributed by atoms with Gasteiger partial charge in [-0.1, -0.05) is 13.8 Å². The maximum Gasteiger partial charge on any atom is 0.326 e. The molecule has 0 aliphatic rings. The molecule has 0 spiro atoms. The van der Waals surface area contributed by atoms with E-state index in [1.54, 1.807) is 6.92 Å². The fourth-order valence-electron chi connectivity index (χ4n) is 1.04. The molecule has 0 aliphatic carbocycles. The van der Waals surface area contributed by atoms with E-state index in [-0.39, 0.29) is 24.7 Å². The summed E-state index contributed by atoms with van der Waals surface area (Å²) < 4.78 is 0. The van der Waals surface area contributed by atoms with E-state index < -0.39 is 17.9 Å². The topological polar surface area (TPSA) is 109 Å². The van der Waals surface area contributed by atoms with Crippen LogP contribution in [0.15, 0.2) is 0 Å². The lowest BCUT2D eigenvalue weighted by atomic mass is 10.1. The van der Waals surface area contributed by atoms with Gasteiger partial charge in [-0.2, -0.15) is 0 Å². The maximum atomic E-state index is 11.4. The number of hydrogen-bond donors (Lipinski definition) is 3. The minimum atomic E-state index is -1.15. The molecule has 6 nitrogen and oxygen atoms in total. The van der Waals surface area contributed by atoms with Crippen molar-refractivity contribution < 1.29 is 19.5 Å². The molecule has 6 heteroatoms. The molecule has 2 amide bonds. The average molecular weight is 230 g/mol. The number of carboxylic acid groups (broad SMARTS) is 1. The summed E-state index contributed by atoms with van der Waals surface area (Å²) in [4.78, 5) is 32.8. The summed E-state index contributed by atoms with van der Waals surface area (Å²) in [7, 11) is 0. The molecule has 0 aromatic heterocycles. The van der Waals surface area contributed by atoms with Gasteiger partial charge < -0.3 is 16.2 Å². The number of amides is 2. The van der Waals surface area contributed by atoms with Crippen LogP contribution in [0.2, 0.25) is 0 Å². The lowest BCUT2D eigenvalue weighted by Gasteiger charge is -2.16. The van der Waals surface area contributed by atoms with Gasteiger partial charge >= 0.3 is 5.97 Å². The van der Waals surface area contributed by atoms with E-state index in [4.69, 9.17) is 10.8 Å². The second kappa shape index (κ2) is 6.81. The van der Waals surface area contributed by atoms with Gasteiger partial charge in [0, 0.05) is 12.3 Å². The molecule has 1 unspecified atom stereocenters. The highest BCUT2D eigenvalue weighted by Gasteiger charge is 2.22. The molecule has 0 heterocycles. The summed E-state index contributed by atoms with van der Waals surface area (Å²) in [5.41, 5.74) is 4.91. The zero-order chi connectivity index (χ0) is 12.7. The predicted molar refractivity (Wildman–Crippen MR) is 57.4 cm³/mol. The first kappa shape index (κ1) is 14.4. The van der Waals surface area contributed by atoms with Crippen LogP contribution in [-0.4, -0.2) is 28.9 Å². The Balaban J connectivity index is 4.28. The van der Waals surface area contributed by atoms with Crippen LogP contribution in [0.3, 0.4) is 0 Å². The molecular formula is C10H18N2O4. The molecule has 16 heavy (non-hydrogen) atoms. The zero-order valence-corrected chi connectivity index (χ0v) is 9.53. The number of hydrogen-bond acceptors (Lipinski definition) is 3. The van der Waals surface area contributed by atoms with Crippen LogP contribution in [0, 0.1) is 5.92 Å². The van der Waals surface area contributed by atoms with Crippen molar-refractivity contribution in [3.63, 3.8) is 0 Å². The molecule has 92 valence electrons. The lowest BCUT2D eigenvalue weighted by molar-refractivity contribution is -0.142. The predicted octanol–water partition coefficient (Wildman–Crippen LogP) is -0.133. The fourth-order valence-corrected chi connectivity index (χ4v) is 1.04. The van der Waals surface area contributed by atoms with E-state index in [0.29, 0.717) is 6.42 Å². The van der Waals surface area contributed by atoms with Crippen molar-refractivity contribution in [2.75, 3.05) is 0 Å². The quantitative estimate of drug-likeness (QED) is 0.565. The highest BCUT2D eigenvalue weighted by atomic mass is 16.4. The Morgan fingerprint density at radius 3 is 2.31 bits per heavy atom. The Bertz CT molecular complexity index is 278. The number of rotatable bonds is 7. The van der Waals surface area contributed by atoms with Crippen LogP contribution in [0.4, 0.5) is 0 Å². The smallest absolute Gasteiger partial charge is 0.326 e. The van der Waals surface area contributed by atoms with Gasteiger partial charge in [-0.25, -0.2) is 4.79 Å². The third-order valence-electron chi connectivity index (χ3n) is 2.35. The Morgan fingerprint density at radius 2 is 1.94 bits per heavy atom. The Hall–Kier alpha value is -1.59. The maximum absolute atomic E-state index is 11.4. The van der Waals surface area contributed by atoms with Gasteiger partial charge in [0.25, 0.3) is 0 Å². The summed E-state index contributed by atoms with van der Waals surface area (Å²) in [6, 6.07) is -1.05. The highest BCUT2D eigenvalue weighted by molar-refractivity contribution is 5.85. The van der Waals surface area contributed by atoms with E-state index in [9.17, 15) is 14.4 Å². The van der Waals surface area contributed by atoms with Crippen molar-refractivity contribution in [3.8, 4) is 0 Å². The van der Waals surface area contributed by atoms with E-state index >= 15 is 0 Å². The minimum absolute atomic E-state index is 0.0207. The van der Waals surface area contributed by atoms with Gasteiger partial charge in [-0.3, -0.25) is 9.59 Å². The summed E-state index contributed by atoms with van der Waals surface area (Å²) >= 11 is 0. The van der Waals surface area contributed by atoms with Gasteiger partial charge in [-0.15, -0.1) is 0 Å². The minimum Gasteiger partial charge on any atom is -0.480 e. The zero-order valence-electron chi connectivity index (χ0n) is 9.53. The van der Waals surface area contributed by atoms with Crippen LogP contribution in [0.5, 0.6) is 0 Å². The number of aliphatic carboxylic acids is 1. The van der Waals surface area contributed by atoms with E-state index in [2.05, 4.69) is 5.32 Å². The largest absolute Gasteiger partial charge is 0.480 e. The number of carbonyl (C=O) groups is 3. The number of carboxylic acids is 1. The monoisotopic (exact) mass is 230 g/mol. The summed E-state index contributed by atoms with van der Waals surface area (Å²) in [6.07, 6.45) is 0.596. The lowest BCUT2D eigenvalue weighted by Crippen LogP contribution is -2.43. The standard InChI is InChI=1S/C10H18N2O4/c1-3-6(2)9(14)12-7(10(15)16)4-5-8(11)13/h6-7H,3-5H2,1-2H3,(H2,11,13)(H,12,14)(H,15,16)/t6?,7-/m0/s1. The molecule has 0 radical (unpaired) electrons. The SMILES string of the molecule is CCC(C)C(=O)N[C@@H](CCC(N)=O)C(=O)O. The highest BCUT2D eigenvalue weighted by Crippen LogP contribution is 2.03. The van der Waals surface area contributed by atoms with Gasteiger partial charge in [-0.05, 0) is 12.8 Å². The number of primary amides is 1. The summed E-state index contributed by atoms with van der Waals surface area (Å²) in [5.74, 6) is -2.29. The van der Waals surface area contributed by atoms with Gasteiger partial charge in [0.15, 0.2) is 0 Å². The average Bonchev–Trinajstić information content (AvgIpc) is 2.21. The van der Waals surface area contributed by atoms with Crippen molar-refractivity contribution >= 4 is 17.8 Å². The second-order valence-electron chi connectivity index (χ2n) is 3.71. The molecule has 0 fully saturated rings. The Labute approximate surface area is 94.2 Å². The van der Waals surface area contributed by atoms with Gasteiger partial charge in [0.05, 0.1) is 0 Å². The molecule has 0 saturated carbocycles. The molecular weight excluding hydrogens is 212 g/mol. The molecule has 0 saturated heterocycles. The van der Waals surface area contributed by atoms with Crippen molar-refractivity contribution in [1.82, 2.24) is 5.32 Å². The Kier molecular flexibility index (Phi) is 6.14. The van der Waals surface area contributed by atoms with Crippen molar-refractivity contribution in [3.05, 3.63) is 0 Å². The summed E-state index contributed by atoms with van der Waals surface area (Å²) in [6.45, 7) is 3.55. The normalized spacial score (nSPS) is 13.9. The molecule has 0 aromatic carbocycles. The third-order valence-corrected chi connectivity index (χ3v) is 2.35. The fraction of sp³-hybridized carbons (Fsp3) is 0.700. The second-order valence-corrected chi connectivity index (χ2v) is 3.71. The van der Waals surface area contributed by atoms with E-state index in [1.807, 2.05) is 6.92 Å². The first-order valence-corrected chi connectivity index (χ1v) is 5.20. The van der Waals surface area contributed by atoms with E-state index in [1.165, 1.54) is 0 Å². The molecule has 4 N–H and O–H groups in total. The van der Waals surface area contributed by atoms with Gasteiger partial charge in [0.2, 0.25) is 11.8 Å². The van der Waals surface area contributed by atoms with Crippen molar-refractivity contribution in [2.24, 2.45) is 11.7 Å². The van der Waals surface area contributed by atoms with Crippen LogP contribution in [0.25, 0.3) is 0 Å². The van der Waals surface area contributed by atoms with Crippen LogP contribution >= 0.6 is 0 Å². The van der Waals surface area contributed by atoms with Crippen LogP contribution < -0.4 is 11.1 Å². The van der Waals surface area contributed by atoms with Crippen LogP contribution in [0.1, 0.15) is 33.1 Å². The van der Waals surface area contributed by atoms with E-state index in [0.717, 1.165) is 0 Å². The third kappa shape index (κ3) is 5.33. The first-order valence-electron chi connectivity index (χ1n) is 5.20. The molecule has 0 aliphatic heterocycles. The van der Waals surface area contributed by atoms with Crippen LogP contribution in [-0.2, 0) is 14.4 Å². The van der Waals surface area contributed by atoms with Crippen molar-refractivity contribution in [1.29, 1.82) is 0 Å². The number of carbonyl (C=O) groups excluding carboxylic acids is 2. The number of nitrogens with two attached hydrogens (primary N) is 1. The molecule has 0 rings (SSSR count). The molecule has 0 bridgehead atoms. The molecule has 2 atom stereocenters.